The van der Waals surface area contributed by atoms with Crippen LogP contribution in [0.3, 0.4) is 0 Å². The average molecular weight is 839 g/mol. The fraction of sp³-hybridized carbons (Fsp3) is 0.878. The highest BCUT2D eigenvalue weighted by atomic mass is 16.7. The summed E-state index contributed by atoms with van der Waals surface area (Å²) in [5, 5.41) is 40.1. The molecule has 0 aromatic heterocycles. The lowest BCUT2D eigenvalue weighted by Gasteiger charge is -2.39. The Labute approximate surface area is 360 Å². The van der Waals surface area contributed by atoms with Crippen molar-refractivity contribution in [3.05, 3.63) is 24.3 Å². The molecule has 0 spiro atoms. The molecule has 0 aromatic rings. The lowest BCUT2D eigenvalue weighted by atomic mass is 9.99. The van der Waals surface area contributed by atoms with Gasteiger partial charge in [-0.25, -0.2) is 0 Å². The van der Waals surface area contributed by atoms with Crippen LogP contribution < -0.4 is 0 Å². The highest BCUT2D eigenvalue weighted by Crippen LogP contribution is 2.23. The third-order valence-electron chi connectivity index (χ3n) is 11.3. The maximum Gasteiger partial charge on any atom is 0.306 e. The SMILES string of the molecule is CCCCCCCC/C=C/CCCCCCCCCCCC(=O)O[C@H](COC(=O)CCCCC/C=C/CCCCCCCCCC)CO[C@@H]1O[C@H](CO)[C@H](O)C(O)C1O. The summed E-state index contributed by atoms with van der Waals surface area (Å²) in [5.74, 6) is -0.820. The summed E-state index contributed by atoms with van der Waals surface area (Å²) >= 11 is 0. The van der Waals surface area contributed by atoms with Crippen LogP contribution in [0, 0.1) is 0 Å². The normalized spacial score (nSPS) is 20.1. The molecular weight excluding hydrogens is 749 g/mol. The monoisotopic (exact) mass is 839 g/mol. The molecule has 0 radical (unpaired) electrons. The number of carbonyl (C=O) groups is 2. The van der Waals surface area contributed by atoms with Crippen molar-refractivity contribution in [3.8, 4) is 0 Å². The fourth-order valence-electron chi connectivity index (χ4n) is 7.41. The van der Waals surface area contributed by atoms with Crippen molar-refractivity contribution in [3.63, 3.8) is 0 Å². The second-order valence-corrected chi connectivity index (χ2v) is 16.9. The van der Waals surface area contributed by atoms with E-state index in [0.29, 0.717) is 12.8 Å². The van der Waals surface area contributed by atoms with E-state index in [0.717, 1.165) is 44.9 Å². The summed E-state index contributed by atoms with van der Waals surface area (Å²) in [6.45, 7) is 3.42. The van der Waals surface area contributed by atoms with Crippen LogP contribution in [0.4, 0.5) is 0 Å². The number of aliphatic hydroxyl groups is 4. The minimum absolute atomic E-state index is 0.223. The van der Waals surface area contributed by atoms with E-state index in [1.54, 1.807) is 0 Å². The maximum absolute atomic E-state index is 12.8. The summed E-state index contributed by atoms with van der Waals surface area (Å²) in [6, 6.07) is 0. The molecule has 0 saturated carbocycles. The van der Waals surface area contributed by atoms with Crippen LogP contribution >= 0.6 is 0 Å². The molecule has 0 aliphatic carbocycles. The van der Waals surface area contributed by atoms with E-state index in [-0.39, 0.29) is 32.0 Å². The first-order chi connectivity index (χ1) is 28.8. The van der Waals surface area contributed by atoms with Crippen molar-refractivity contribution >= 4 is 11.9 Å². The van der Waals surface area contributed by atoms with Crippen molar-refractivity contribution < 1.29 is 49.0 Å². The second-order valence-electron chi connectivity index (χ2n) is 16.9. The van der Waals surface area contributed by atoms with E-state index in [9.17, 15) is 30.0 Å². The van der Waals surface area contributed by atoms with Gasteiger partial charge in [-0.15, -0.1) is 0 Å². The van der Waals surface area contributed by atoms with Crippen molar-refractivity contribution in [2.75, 3.05) is 19.8 Å². The minimum atomic E-state index is -1.60. The first-order valence-electron chi connectivity index (χ1n) is 24.4. The number of esters is 2. The molecule has 59 heavy (non-hydrogen) atoms. The summed E-state index contributed by atoms with van der Waals surface area (Å²) < 4.78 is 22.2. The predicted octanol–water partition coefficient (Wildman–Crippen LogP) is 10.9. The number of unbranched alkanes of at least 4 members (excludes halogenated alkanes) is 26. The Hall–Kier alpha value is -1.82. The number of aliphatic hydroxyl groups excluding tert-OH is 4. The summed E-state index contributed by atoms with van der Waals surface area (Å²) in [5.41, 5.74) is 0. The van der Waals surface area contributed by atoms with Crippen molar-refractivity contribution in [1.82, 2.24) is 0 Å². The smallest absolute Gasteiger partial charge is 0.306 e. The third-order valence-corrected chi connectivity index (χ3v) is 11.3. The molecule has 1 aliphatic rings. The molecular formula is C49H90O10. The van der Waals surface area contributed by atoms with E-state index in [4.69, 9.17) is 18.9 Å². The van der Waals surface area contributed by atoms with E-state index < -0.39 is 49.4 Å². The third kappa shape index (κ3) is 31.7. The molecule has 1 heterocycles. The van der Waals surface area contributed by atoms with Gasteiger partial charge in [0, 0.05) is 12.8 Å². The lowest BCUT2D eigenvalue weighted by molar-refractivity contribution is -0.305. The van der Waals surface area contributed by atoms with Gasteiger partial charge in [-0.05, 0) is 64.2 Å². The van der Waals surface area contributed by atoms with Crippen LogP contribution in [0.25, 0.3) is 0 Å². The van der Waals surface area contributed by atoms with Gasteiger partial charge in [-0.1, -0.05) is 167 Å². The topological polar surface area (TPSA) is 152 Å². The largest absolute Gasteiger partial charge is 0.462 e. The van der Waals surface area contributed by atoms with Crippen molar-refractivity contribution in [2.45, 2.75) is 256 Å². The molecule has 1 fully saturated rings. The first-order valence-corrected chi connectivity index (χ1v) is 24.4. The molecule has 1 saturated heterocycles. The van der Waals surface area contributed by atoms with Crippen LogP contribution in [0.2, 0.25) is 0 Å². The molecule has 10 heteroatoms. The summed E-state index contributed by atoms with van der Waals surface area (Å²) in [7, 11) is 0. The Morgan fingerprint density at radius 2 is 0.898 bits per heavy atom. The predicted molar refractivity (Wildman–Crippen MR) is 238 cm³/mol. The molecule has 1 rings (SSSR count). The number of allylic oxidation sites excluding steroid dienone is 4. The highest BCUT2D eigenvalue weighted by molar-refractivity contribution is 5.70. The van der Waals surface area contributed by atoms with Gasteiger partial charge in [0.2, 0.25) is 0 Å². The Balaban J connectivity index is 2.29. The fourth-order valence-corrected chi connectivity index (χ4v) is 7.41. The van der Waals surface area contributed by atoms with E-state index in [1.807, 2.05) is 0 Å². The molecule has 4 N–H and O–H groups in total. The Morgan fingerprint density at radius 3 is 1.34 bits per heavy atom. The Bertz CT molecular complexity index is 1020. The quantitative estimate of drug-likeness (QED) is 0.0266. The molecule has 0 bridgehead atoms. The van der Waals surface area contributed by atoms with Gasteiger partial charge < -0.3 is 39.4 Å². The van der Waals surface area contributed by atoms with Crippen LogP contribution in [0.15, 0.2) is 24.3 Å². The van der Waals surface area contributed by atoms with E-state index in [1.165, 1.54) is 135 Å². The van der Waals surface area contributed by atoms with Crippen LogP contribution in [0.5, 0.6) is 0 Å². The lowest BCUT2D eigenvalue weighted by Crippen LogP contribution is -2.59. The molecule has 6 atom stereocenters. The Morgan fingerprint density at radius 1 is 0.508 bits per heavy atom. The molecule has 346 valence electrons. The summed E-state index contributed by atoms with van der Waals surface area (Å²) in [6.07, 6.45) is 37.5. The number of rotatable bonds is 41. The zero-order chi connectivity index (χ0) is 43.0. The second kappa shape index (κ2) is 40.3. The summed E-state index contributed by atoms with van der Waals surface area (Å²) in [4.78, 5) is 25.4. The van der Waals surface area contributed by atoms with Gasteiger partial charge in [0.15, 0.2) is 12.4 Å². The van der Waals surface area contributed by atoms with Crippen LogP contribution in [-0.2, 0) is 28.5 Å². The molecule has 0 amide bonds. The van der Waals surface area contributed by atoms with Gasteiger partial charge in [-0.2, -0.15) is 0 Å². The number of carbonyl (C=O) groups excluding carboxylic acids is 2. The van der Waals surface area contributed by atoms with Gasteiger partial charge in [-0.3, -0.25) is 9.59 Å². The number of hydrogen-bond donors (Lipinski definition) is 4. The minimum Gasteiger partial charge on any atom is -0.462 e. The molecule has 0 aromatic carbocycles. The highest BCUT2D eigenvalue weighted by Gasteiger charge is 2.44. The van der Waals surface area contributed by atoms with Gasteiger partial charge >= 0.3 is 11.9 Å². The zero-order valence-corrected chi connectivity index (χ0v) is 37.8. The standard InChI is InChI=1S/C49H90O10/c1-3-5-7-9-11-13-15-17-19-20-21-22-24-26-28-30-32-34-36-38-45(52)58-42(41-57-49-48(55)47(54)46(53)43(39-50)59-49)40-56-44(51)37-35-33-31-29-27-25-23-18-16-14-12-10-8-6-4-2/h17,19,25,27,42-43,46-50,53-55H,3-16,18,20-24,26,28-41H2,1-2H3/b19-17+,27-25+/t42-,43-,46+,47?,48?,49-/m1/s1. The van der Waals surface area contributed by atoms with Crippen molar-refractivity contribution in [2.24, 2.45) is 0 Å². The molecule has 2 unspecified atom stereocenters. The zero-order valence-electron chi connectivity index (χ0n) is 37.8. The number of ether oxygens (including phenoxy) is 4. The van der Waals surface area contributed by atoms with E-state index >= 15 is 0 Å². The van der Waals surface area contributed by atoms with Gasteiger partial charge in [0.25, 0.3) is 0 Å². The van der Waals surface area contributed by atoms with Crippen LogP contribution in [0.1, 0.15) is 219 Å². The first kappa shape index (κ1) is 55.2. The van der Waals surface area contributed by atoms with Crippen LogP contribution in [-0.4, -0.2) is 89.0 Å². The number of hydrogen-bond acceptors (Lipinski definition) is 10. The average Bonchev–Trinajstić information content (AvgIpc) is 3.23. The van der Waals surface area contributed by atoms with Gasteiger partial charge in [0.1, 0.15) is 31.0 Å². The van der Waals surface area contributed by atoms with E-state index in [2.05, 4.69) is 38.2 Å². The molecule has 1 aliphatic heterocycles. The molecule has 10 nitrogen and oxygen atoms in total. The maximum atomic E-state index is 12.8. The Kier molecular flexibility index (Phi) is 37.7. The van der Waals surface area contributed by atoms with Crippen molar-refractivity contribution in [1.29, 1.82) is 0 Å². The van der Waals surface area contributed by atoms with Gasteiger partial charge in [0.05, 0.1) is 13.2 Å².